The first-order valence-electron chi connectivity index (χ1n) is 5.03. The van der Waals surface area contributed by atoms with Crippen LogP contribution in [-0.2, 0) is 12.8 Å². The van der Waals surface area contributed by atoms with E-state index in [1.807, 2.05) is 0 Å². The lowest BCUT2D eigenvalue weighted by Gasteiger charge is -2.10. The van der Waals surface area contributed by atoms with E-state index >= 15 is 0 Å². The number of hydrogen-bond donors (Lipinski definition) is 1. The van der Waals surface area contributed by atoms with Crippen LogP contribution in [0.5, 0.6) is 0 Å². The molecule has 14 heavy (non-hydrogen) atoms. The molecule has 1 N–H and O–H groups in total. The first-order chi connectivity index (χ1) is 6.45. The first kappa shape index (κ1) is 9.78. The second-order valence-corrected chi connectivity index (χ2v) is 3.83. The largest absolute Gasteiger partial charge is 0.358 e. The Morgan fingerprint density at radius 2 is 1.79 bits per heavy atom. The highest BCUT2D eigenvalue weighted by atomic mass is 79.9. The van der Waals surface area contributed by atoms with Gasteiger partial charge in [-0.05, 0) is 37.3 Å². The van der Waals surface area contributed by atoms with Gasteiger partial charge in [-0.25, -0.2) is 0 Å². The second-order valence-electron chi connectivity index (χ2n) is 3.83. The van der Waals surface area contributed by atoms with Crippen LogP contribution >= 0.6 is 17.0 Å². The van der Waals surface area contributed by atoms with Crippen molar-refractivity contribution in [3.63, 3.8) is 0 Å². The van der Waals surface area contributed by atoms with Gasteiger partial charge in [0.25, 0.3) is 0 Å². The van der Waals surface area contributed by atoms with Gasteiger partial charge in [0.15, 0.2) is 0 Å². The van der Waals surface area contributed by atoms with Crippen molar-refractivity contribution in [1.29, 1.82) is 0 Å². The fourth-order valence-electron chi connectivity index (χ4n) is 2.36. The smallest absolute Gasteiger partial charge is 0.0458 e. The Kier molecular flexibility index (Phi) is 2.64. The molecule has 1 nitrogen and oxygen atoms in total. The number of aromatic amines is 1. The second kappa shape index (κ2) is 3.77. The zero-order chi connectivity index (χ0) is 8.67. The van der Waals surface area contributed by atoms with Crippen LogP contribution in [0.15, 0.2) is 24.3 Å². The van der Waals surface area contributed by atoms with Crippen molar-refractivity contribution >= 4 is 27.9 Å². The predicted octanol–water partition coefficient (Wildman–Crippen LogP) is 3.62. The number of nitrogens with one attached hydrogen (secondary N) is 1. The van der Waals surface area contributed by atoms with Gasteiger partial charge in [0.1, 0.15) is 0 Å². The maximum atomic E-state index is 3.52. The number of rotatable bonds is 0. The molecule has 2 aromatic rings. The maximum absolute atomic E-state index is 3.52. The highest BCUT2D eigenvalue weighted by Gasteiger charge is 2.13. The predicted molar refractivity (Wildman–Crippen MR) is 65.3 cm³/mol. The van der Waals surface area contributed by atoms with Crippen LogP contribution in [0.1, 0.15) is 24.1 Å². The van der Waals surface area contributed by atoms with Gasteiger partial charge < -0.3 is 4.98 Å². The Bertz CT molecular complexity index is 445. The molecule has 0 bridgehead atoms. The first-order valence-corrected chi connectivity index (χ1v) is 5.03. The van der Waals surface area contributed by atoms with E-state index in [2.05, 4.69) is 29.2 Å². The molecule has 0 unspecified atom stereocenters. The topological polar surface area (TPSA) is 15.8 Å². The Balaban J connectivity index is 0.000000750. The van der Waals surface area contributed by atoms with E-state index in [4.69, 9.17) is 0 Å². The van der Waals surface area contributed by atoms with Gasteiger partial charge in [-0.15, -0.1) is 17.0 Å². The molecule has 0 aliphatic heterocycles. The van der Waals surface area contributed by atoms with E-state index in [0.29, 0.717) is 0 Å². The summed E-state index contributed by atoms with van der Waals surface area (Å²) in [7, 11) is 0. The Morgan fingerprint density at radius 1 is 1.00 bits per heavy atom. The zero-order valence-corrected chi connectivity index (χ0v) is 9.76. The van der Waals surface area contributed by atoms with E-state index in [0.717, 1.165) is 0 Å². The third-order valence-corrected chi connectivity index (χ3v) is 3.01. The molecule has 1 aromatic heterocycles. The molecular formula is C12H14BrN. The van der Waals surface area contributed by atoms with Gasteiger partial charge in [-0.1, -0.05) is 18.2 Å². The summed E-state index contributed by atoms with van der Waals surface area (Å²) in [6, 6.07) is 8.64. The lowest BCUT2D eigenvalue weighted by atomic mass is 9.96. The van der Waals surface area contributed by atoms with Crippen molar-refractivity contribution < 1.29 is 0 Å². The highest BCUT2D eigenvalue weighted by Crippen LogP contribution is 2.28. The molecule has 0 radical (unpaired) electrons. The van der Waals surface area contributed by atoms with Gasteiger partial charge >= 0.3 is 0 Å². The number of H-pyrrole nitrogens is 1. The molecule has 0 atom stereocenters. The summed E-state index contributed by atoms with van der Waals surface area (Å²) in [4.78, 5) is 3.52. The van der Waals surface area contributed by atoms with Crippen LogP contribution in [0.4, 0.5) is 0 Å². The number of hydrogen-bond acceptors (Lipinski definition) is 0. The minimum absolute atomic E-state index is 0. The lowest BCUT2D eigenvalue weighted by molar-refractivity contribution is 0.680. The van der Waals surface area contributed by atoms with Crippen LogP contribution in [0.3, 0.4) is 0 Å². The van der Waals surface area contributed by atoms with E-state index in [1.54, 1.807) is 5.56 Å². The van der Waals surface area contributed by atoms with Crippen molar-refractivity contribution in [3.05, 3.63) is 35.5 Å². The molecule has 1 aliphatic rings. The molecule has 1 aromatic carbocycles. The normalized spacial score (nSPS) is 14.9. The van der Waals surface area contributed by atoms with Gasteiger partial charge in [-0.2, -0.15) is 0 Å². The Morgan fingerprint density at radius 3 is 2.71 bits per heavy atom. The fourth-order valence-corrected chi connectivity index (χ4v) is 2.36. The van der Waals surface area contributed by atoms with Crippen molar-refractivity contribution in [2.75, 3.05) is 0 Å². The SMILES string of the molecule is Br.c1ccc2c3c([nH]c2c1)CCCC3. The van der Waals surface area contributed by atoms with Crippen LogP contribution < -0.4 is 0 Å². The molecule has 0 amide bonds. The summed E-state index contributed by atoms with van der Waals surface area (Å²) in [6.07, 6.45) is 5.21. The van der Waals surface area contributed by atoms with Crippen LogP contribution in [0, 0.1) is 0 Å². The number of halogens is 1. The number of aryl methyl sites for hydroxylation is 2. The average molecular weight is 252 g/mol. The summed E-state index contributed by atoms with van der Waals surface area (Å²) < 4.78 is 0. The molecular weight excluding hydrogens is 238 g/mol. The number of aromatic nitrogens is 1. The van der Waals surface area contributed by atoms with Gasteiger partial charge in [0.2, 0.25) is 0 Å². The van der Waals surface area contributed by atoms with Crippen molar-refractivity contribution in [2.24, 2.45) is 0 Å². The molecule has 1 aliphatic carbocycles. The molecule has 1 heterocycles. The maximum Gasteiger partial charge on any atom is 0.0458 e. The van der Waals surface area contributed by atoms with Gasteiger partial charge in [0, 0.05) is 16.6 Å². The molecule has 3 rings (SSSR count). The molecule has 74 valence electrons. The minimum atomic E-state index is 0. The summed E-state index contributed by atoms with van der Waals surface area (Å²) in [5, 5.41) is 1.44. The standard InChI is InChI=1S/C12H13N.BrH/c1-3-7-11-9(5-1)10-6-2-4-8-12(10)13-11;/h1,3,5,7,13H,2,4,6,8H2;1H. The van der Waals surface area contributed by atoms with Crippen molar-refractivity contribution in [1.82, 2.24) is 4.98 Å². The van der Waals surface area contributed by atoms with E-state index in [9.17, 15) is 0 Å². The molecule has 0 saturated carbocycles. The Hall–Kier alpha value is -0.760. The number of para-hydroxylation sites is 1. The molecule has 0 spiro atoms. The highest BCUT2D eigenvalue weighted by molar-refractivity contribution is 8.93. The quantitative estimate of drug-likeness (QED) is 0.737. The zero-order valence-electron chi connectivity index (χ0n) is 8.05. The molecule has 0 saturated heterocycles. The van der Waals surface area contributed by atoms with Crippen molar-refractivity contribution in [2.45, 2.75) is 25.7 Å². The summed E-state index contributed by atoms with van der Waals surface area (Å²) in [5.41, 5.74) is 4.36. The van der Waals surface area contributed by atoms with E-state index in [1.165, 1.54) is 42.3 Å². The molecule has 2 heteroatoms. The average Bonchev–Trinajstić information content (AvgIpc) is 2.56. The summed E-state index contributed by atoms with van der Waals surface area (Å²) in [6.45, 7) is 0. The van der Waals surface area contributed by atoms with Crippen molar-refractivity contribution in [3.8, 4) is 0 Å². The minimum Gasteiger partial charge on any atom is -0.358 e. The van der Waals surface area contributed by atoms with Gasteiger partial charge in [-0.3, -0.25) is 0 Å². The van der Waals surface area contributed by atoms with Crippen LogP contribution in [0.25, 0.3) is 10.9 Å². The van der Waals surface area contributed by atoms with E-state index in [-0.39, 0.29) is 17.0 Å². The third-order valence-electron chi connectivity index (χ3n) is 3.01. The number of benzene rings is 1. The third kappa shape index (κ3) is 1.38. The van der Waals surface area contributed by atoms with Crippen LogP contribution in [0.2, 0.25) is 0 Å². The molecule has 0 fully saturated rings. The lowest BCUT2D eigenvalue weighted by Crippen LogP contribution is -1.99. The number of fused-ring (bicyclic) bond motifs is 3. The van der Waals surface area contributed by atoms with Crippen LogP contribution in [-0.4, -0.2) is 4.98 Å². The Labute approximate surface area is 94.3 Å². The van der Waals surface area contributed by atoms with E-state index < -0.39 is 0 Å². The summed E-state index contributed by atoms with van der Waals surface area (Å²) in [5.74, 6) is 0. The fraction of sp³-hybridized carbons (Fsp3) is 0.333. The van der Waals surface area contributed by atoms with Gasteiger partial charge in [0.05, 0.1) is 0 Å². The monoisotopic (exact) mass is 251 g/mol. The summed E-state index contributed by atoms with van der Waals surface area (Å²) >= 11 is 0.